The van der Waals surface area contributed by atoms with Crippen LogP contribution in [0.5, 0.6) is 0 Å². The summed E-state index contributed by atoms with van der Waals surface area (Å²) in [6.07, 6.45) is 3.30. The van der Waals surface area contributed by atoms with Crippen LogP contribution in [0.1, 0.15) is 44.0 Å². The van der Waals surface area contributed by atoms with Crippen molar-refractivity contribution in [2.45, 2.75) is 57.4 Å². The lowest BCUT2D eigenvalue weighted by atomic mass is 9.90. The summed E-state index contributed by atoms with van der Waals surface area (Å²) in [6, 6.07) is 0.0617. The number of carbonyl (C=O) groups excluding carboxylic acids is 1. The fraction of sp³-hybridized carbons (Fsp3) is 0.778. The number of rotatable bonds is 4. The molecule has 0 aliphatic carbocycles. The molecule has 1 aromatic heterocycles. The zero-order valence-electron chi connectivity index (χ0n) is 16.8. The van der Waals surface area contributed by atoms with E-state index in [-0.39, 0.29) is 41.7 Å². The minimum atomic E-state index is -3.66. The molecule has 1 aromatic rings. The van der Waals surface area contributed by atoms with Gasteiger partial charge in [0.25, 0.3) is 0 Å². The molecule has 0 spiro atoms. The quantitative estimate of drug-likeness (QED) is 0.745. The standard InChI is InChI=1S/C18H31N5O3S.ClH/c1-12-6-8-23(16(9-12)10-19)18(24)15-5-4-7-22(11-15)27(25,26)17-13(2)20-21-14(17)3;/h12,15-16H,4-11,19H2,1-3H3,(H,20,21);1H. The van der Waals surface area contributed by atoms with Gasteiger partial charge in [-0.25, -0.2) is 8.42 Å². The first-order valence-corrected chi connectivity index (χ1v) is 11.2. The molecule has 2 saturated heterocycles. The molecule has 2 fully saturated rings. The van der Waals surface area contributed by atoms with E-state index < -0.39 is 10.0 Å². The van der Waals surface area contributed by atoms with Crippen molar-refractivity contribution in [2.75, 3.05) is 26.2 Å². The summed E-state index contributed by atoms with van der Waals surface area (Å²) < 4.78 is 27.7. The minimum Gasteiger partial charge on any atom is -0.338 e. The molecule has 10 heteroatoms. The number of piperidine rings is 2. The number of nitrogens with zero attached hydrogens (tertiary/aromatic N) is 3. The lowest BCUT2D eigenvalue weighted by molar-refractivity contribution is -0.140. The number of nitrogens with one attached hydrogen (secondary N) is 1. The highest BCUT2D eigenvalue weighted by Crippen LogP contribution is 2.30. The van der Waals surface area contributed by atoms with E-state index in [0.29, 0.717) is 43.4 Å². The van der Waals surface area contributed by atoms with Crippen LogP contribution in [-0.4, -0.2) is 65.9 Å². The molecule has 3 heterocycles. The van der Waals surface area contributed by atoms with E-state index in [9.17, 15) is 13.2 Å². The van der Waals surface area contributed by atoms with Crippen molar-refractivity contribution < 1.29 is 13.2 Å². The molecular weight excluding hydrogens is 402 g/mol. The van der Waals surface area contributed by atoms with Crippen molar-refractivity contribution in [1.29, 1.82) is 0 Å². The molecule has 3 unspecified atom stereocenters. The van der Waals surface area contributed by atoms with Gasteiger partial charge in [-0.2, -0.15) is 9.40 Å². The number of H-pyrrole nitrogens is 1. The number of nitrogens with two attached hydrogens (primary N) is 1. The second-order valence-corrected chi connectivity index (χ2v) is 9.89. The van der Waals surface area contributed by atoms with Gasteiger partial charge in [0, 0.05) is 32.2 Å². The molecule has 2 aliphatic rings. The van der Waals surface area contributed by atoms with E-state index >= 15 is 0 Å². The first-order chi connectivity index (χ1) is 12.8. The van der Waals surface area contributed by atoms with Crippen LogP contribution in [0.2, 0.25) is 0 Å². The minimum absolute atomic E-state index is 0. The summed E-state index contributed by atoms with van der Waals surface area (Å²) in [4.78, 5) is 15.3. The summed E-state index contributed by atoms with van der Waals surface area (Å²) >= 11 is 0. The van der Waals surface area contributed by atoms with Crippen molar-refractivity contribution in [3.63, 3.8) is 0 Å². The number of aromatic nitrogens is 2. The van der Waals surface area contributed by atoms with Crippen molar-refractivity contribution in [3.8, 4) is 0 Å². The average Bonchev–Trinajstić information content (AvgIpc) is 3.00. The van der Waals surface area contributed by atoms with Crippen LogP contribution in [0.15, 0.2) is 4.90 Å². The number of carbonyl (C=O) groups is 1. The molecule has 0 bridgehead atoms. The third-order valence-electron chi connectivity index (χ3n) is 5.92. The number of halogens is 1. The van der Waals surface area contributed by atoms with Gasteiger partial charge >= 0.3 is 0 Å². The second-order valence-electron chi connectivity index (χ2n) is 8.02. The fourth-order valence-electron chi connectivity index (χ4n) is 4.41. The van der Waals surface area contributed by atoms with Crippen molar-refractivity contribution in [2.24, 2.45) is 17.6 Å². The van der Waals surface area contributed by atoms with Gasteiger partial charge < -0.3 is 10.6 Å². The number of sulfonamides is 1. The highest BCUT2D eigenvalue weighted by Gasteiger charge is 2.39. The number of hydrogen-bond acceptors (Lipinski definition) is 5. The third kappa shape index (κ3) is 4.37. The lowest BCUT2D eigenvalue weighted by Gasteiger charge is -2.41. The molecule has 3 N–H and O–H groups in total. The Bertz CT molecular complexity index is 778. The van der Waals surface area contributed by atoms with E-state index in [1.807, 2.05) is 4.90 Å². The monoisotopic (exact) mass is 433 g/mol. The molecular formula is C18H32ClN5O3S. The van der Waals surface area contributed by atoms with Gasteiger partial charge in [0.05, 0.1) is 17.3 Å². The SMILES string of the molecule is Cc1n[nH]c(C)c1S(=O)(=O)N1CCCC(C(=O)N2CCC(C)CC2CN)C1.Cl. The molecule has 160 valence electrons. The van der Waals surface area contributed by atoms with E-state index in [4.69, 9.17) is 5.73 Å². The van der Waals surface area contributed by atoms with Gasteiger partial charge in [-0.15, -0.1) is 12.4 Å². The van der Waals surface area contributed by atoms with E-state index in [0.717, 1.165) is 19.3 Å². The first kappa shape index (κ1) is 23.1. The zero-order valence-corrected chi connectivity index (χ0v) is 18.5. The highest BCUT2D eigenvalue weighted by molar-refractivity contribution is 7.89. The maximum atomic E-state index is 13.2. The fourth-order valence-corrected chi connectivity index (χ4v) is 6.27. The Hall–Kier alpha value is -1.16. The van der Waals surface area contributed by atoms with Gasteiger partial charge in [-0.1, -0.05) is 6.92 Å². The Morgan fingerprint density at radius 3 is 2.61 bits per heavy atom. The van der Waals surface area contributed by atoms with Gasteiger partial charge in [0.2, 0.25) is 15.9 Å². The maximum absolute atomic E-state index is 13.2. The lowest BCUT2D eigenvalue weighted by Crippen LogP contribution is -2.54. The number of aromatic amines is 1. The Balaban J connectivity index is 0.00000280. The molecule has 8 nitrogen and oxygen atoms in total. The smallest absolute Gasteiger partial charge is 0.246 e. The topological polar surface area (TPSA) is 112 Å². The van der Waals surface area contributed by atoms with Crippen LogP contribution in [0.4, 0.5) is 0 Å². The molecule has 0 radical (unpaired) electrons. The second kappa shape index (κ2) is 9.11. The van der Waals surface area contributed by atoms with Crippen molar-refractivity contribution >= 4 is 28.3 Å². The molecule has 0 aromatic carbocycles. The largest absolute Gasteiger partial charge is 0.338 e. The summed E-state index contributed by atoms with van der Waals surface area (Å²) in [5.74, 6) is 0.319. The van der Waals surface area contributed by atoms with E-state index in [2.05, 4.69) is 17.1 Å². The van der Waals surface area contributed by atoms with Gasteiger partial charge in [-0.3, -0.25) is 9.89 Å². The summed E-state index contributed by atoms with van der Waals surface area (Å²) in [5, 5.41) is 6.75. The molecule has 3 atom stereocenters. The summed E-state index contributed by atoms with van der Waals surface area (Å²) in [5.41, 5.74) is 6.91. The van der Waals surface area contributed by atoms with Gasteiger partial charge in [0.15, 0.2) is 0 Å². The number of likely N-dealkylation sites (tertiary alicyclic amines) is 1. The van der Waals surface area contributed by atoms with Gasteiger partial charge in [0.1, 0.15) is 4.90 Å². The van der Waals surface area contributed by atoms with Crippen LogP contribution >= 0.6 is 12.4 Å². The van der Waals surface area contributed by atoms with Crippen LogP contribution in [0.3, 0.4) is 0 Å². The number of aryl methyl sites for hydroxylation is 2. The zero-order chi connectivity index (χ0) is 19.8. The van der Waals surface area contributed by atoms with Gasteiger partial charge in [-0.05, 0) is 45.4 Å². The predicted molar refractivity (Wildman–Crippen MR) is 110 cm³/mol. The Morgan fingerprint density at radius 2 is 2.00 bits per heavy atom. The Labute approximate surface area is 173 Å². The highest BCUT2D eigenvalue weighted by atomic mass is 35.5. The van der Waals surface area contributed by atoms with Crippen LogP contribution in [0.25, 0.3) is 0 Å². The van der Waals surface area contributed by atoms with Crippen LogP contribution in [0, 0.1) is 25.7 Å². The molecule has 3 rings (SSSR count). The van der Waals surface area contributed by atoms with Crippen molar-refractivity contribution in [3.05, 3.63) is 11.4 Å². The molecule has 1 amide bonds. The van der Waals surface area contributed by atoms with Crippen LogP contribution in [-0.2, 0) is 14.8 Å². The van der Waals surface area contributed by atoms with E-state index in [1.54, 1.807) is 13.8 Å². The molecule has 2 aliphatic heterocycles. The molecule has 28 heavy (non-hydrogen) atoms. The predicted octanol–water partition coefficient (Wildman–Crippen LogP) is 1.43. The average molecular weight is 434 g/mol. The number of amides is 1. The Kier molecular flexibility index (Phi) is 7.52. The molecule has 0 saturated carbocycles. The maximum Gasteiger partial charge on any atom is 0.246 e. The third-order valence-corrected chi connectivity index (χ3v) is 8.05. The van der Waals surface area contributed by atoms with Crippen molar-refractivity contribution in [1.82, 2.24) is 19.4 Å². The normalized spacial score (nSPS) is 26.7. The summed E-state index contributed by atoms with van der Waals surface area (Å²) in [7, 11) is -3.66. The van der Waals surface area contributed by atoms with Crippen LogP contribution < -0.4 is 5.73 Å². The summed E-state index contributed by atoms with van der Waals surface area (Å²) in [6.45, 7) is 7.42. The first-order valence-electron chi connectivity index (χ1n) is 9.78. The number of hydrogen-bond donors (Lipinski definition) is 2. The Morgan fingerprint density at radius 1 is 1.29 bits per heavy atom. The van der Waals surface area contributed by atoms with E-state index in [1.165, 1.54) is 4.31 Å².